The van der Waals surface area contributed by atoms with Crippen molar-refractivity contribution in [3.05, 3.63) is 59.7 Å². The summed E-state index contributed by atoms with van der Waals surface area (Å²) in [6, 6.07) is 8.57. The molecule has 6 heteroatoms. The summed E-state index contributed by atoms with van der Waals surface area (Å²) in [5.74, 6) is -1.79. The van der Waals surface area contributed by atoms with Gasteiger partial charge in [0.1, 0.15) is 11.6 Å². The largest absolute Gasteiger partial charge is 0.396 e. The number of benzene rings is 2. The molecule has 0 atom stereocenters. The number of halogens is 2. The van der Waals surface area contributed by atoms with Gasteiger partial charge in [-0.2, -0.15) is 0 Å². The van der Waals surface area contributed by atoms with Crippen molar-refractivity contribution in [3.63, 3.8) is 0 Å². The maximum absolute atomic E-state index is 13.7. The second-order valence-electron chi connectivity index (χ2n) is 4.03. The van der Waals surface area contributed by atoms with Crippen LogP contribution in [0.25, 0.3) is 0 Å². The third kappa shape index (κ3) is 2.90. The third-order valence-corrected chi connectivity index (χ3v) is 4.31. The Kier molecular flexibility index (Phi) is 3.53. The number of nitrogens with two attached hydrogens (primary N) is 1. The Labute approximate surface area is 109 Å². The molecule has 19 heavy (non-hydrogen) atoms. The smallest absolute Gasteiger partial charge is 0.182 e. The zero-order valence-electron chi connectivity index (χ0n) is 9.81. The Bertz CT molecular complexity index is 697. The highest BCUT2D eigenvalue weighted by Crippen LogP contribution is 2.21. The van der Waals surface area contributed by atoms with Gasteiger partial charge in [-0.05, 0) is 30.3 Å². The molecule has 0 saturated carbocycles. The second-order valence-corrected chi connectivity index (χ2v) is 6.02. The first-order valence-corrected chi connectivity index (χ1v) is 7.06. The van der Waals surface area contributed by atoms with E-state index in [4.69, 9.17) is 5.73 Å². The van der Waals surface area contributed by atoms with Crippen LogP contribution in [0.4, 0.5) is 14.5 Å². The minimum Gasteiger partial charge on any atom is -0.396 e. The van der Waals surface area contributed by atoms with Gasteiger partial charge in [0.15, 0.2) is 9.84 Å². The Hall–Kier alpha value is -1.95. The van der Waals surface area contributed by atoms with Crippen LogP contribution in [0, 0.1) is 11.6 Å². The Morgan fingerprint density at radius 3 is 2.26 bits per heavy atom. The van der Waals surface area contributed by atoms with Gasteiger partial charge >= 0.3 is 0 Å². The van der Waals surface area contributed by atoms with E-state index in [9.17, 15) is 17.2 Å². The van der Waals surface area contributed by atoms with E-state index in [1.165, 1.54) is 18.2 Å². The topological polar surface area (TPSA) is 60.2 Å². The van der Waals surface area contributed by atoms with Gasteiger partial charge in [-0.15, -0.1) is 0 Å². The number of rotatable bonds is 3. The summed E-state index contributed by atoms with van der Waals surface area (Å²) in [6.45, 7) is 0. The lowest BCUT2D eigenvalue weighted by Crippen LogP contribution is -2.07. The molecular formula is C13H11F2NO2S. The molecule has 0 spiro atoms. The van der Waals surface area contributed by atoms with Crippen molar-refractivity contribution in [2.45, 2.75) is 10.6 Å². The van der Waals surface area contributed by atoms with E-state index in [1.54, 1.807) is 0 Å². The maximum Gasteiger partial charge on any atom is 0.182 e. The molecule has 0 radical (unpaired) electrons. The standard InChI is InChI=1S/C13H11F2NO2S/c14-10-4-6-11(7-5-10)19(17,18)8-9-2-1-3-12(16)13(9)15/h1-7H,8,16H2. The van der Waals surface area contributed by atoms with E-state index in [-0.39, 0.29) is 16.1 Å². The predicted molar refractivity (Wildman–Crippen MR) is 68.1 cm³/mol. The number of hydrogen-bond acceptors (Lipinski definition) is 3. The zero-order valence-corrected chi connectivity index (χ0v) is 10.6. The highest BCUT2D eigenvalue weighted by molar-refractivity contribution is 7.90. The average Bonchev–Trinajstić information content (AvgIpc) is 2.35. The zero-order chi connectivity index (χ0) is 14.0. The summed E-state index contributed by atoms with van der Waals surface area (Å²) >= 11 is 0. The van der Waals surface area contributed by atoms with Crippen LogP contribution in [0.5, 0.6) is 0 Å². The van der Waals surface area contributed by atoms with Gasteiger partial charge in [0.05, 0.1) is 16.3 Å². The molecule has 0 bridgehead atoms. The molecule has 100 valence electrons. The monoisotopic (exact) mass is 283 g/mol. The Morgan fingerprint density at radius 2 is 1.63 bits per heavy atom. The van der Waals surface area contributed by atoms with Crippen LogP contribution in [0.1, 0.15) is 5.56 Å². The summed E-state index contributed by atoms with van der Waals surface area (Å²) in [6.07, 6.45) is 0. The SMILES string of the molecule is Nc1cccc(CS(=O)(=O)c2ccc(F)cc2)c1F. The molecule has 0 fully saturated rings. The van der Waals surface area contributed by atoms with Crippen molar-refractivity contribution in [1.82, 2.24) is 0 Å². The van der Waals surface area contributed by atoms with Gasteiger partial charge in [0.25, 0.3) is 0 Å². The van der Waals surface area contributed by atoms with Crippen molar-refractivity contribution in [1.29, 1.82) is 0 Å². The van der Waals surface area contributed by atoms with Gasteiger partial charge in [-0.3, -0.25) is 0 Å². The minimum atomic E-state index is -3.73. The maximum atomic E-state index is 13.7. The molecule has 0 aromatic heterocycles. The first kappa shape index (κ1) is 13.5. The van der Waals surface area contributed by atoms with Crippen molar-refractivity contribution in [2.24, 2.45) is 0 Å². The van der Waals surface area contributed by atoms with Crippen molar-refractivity contribution in [2.75, 3.05) is 5.73 Å². The average molecular weight is 283 g/mol. The molecule has 0 unspecified atom stereocenters. The number of anilines is 1. The number of hydrogen-bond donors (Lipinski definition) is 1. The van der Waals surface area contributed by atoms with Crippen LogP contribution in [-0.2, 0) is 15.6 Å². The van der Waals surface area contributed by atoms with Crippen LogP contribution >= 0.6 is 0 Å². The molecule has 2 aromatic carbocycles. The first-order chi connectivity index (χ1) is 8.90. The second kappa shape index (κ2) is 4.97. The van der Waals surface area contributed by atoms with Crippen LogP contribution in [0.2, 0.25) is 0 Å². The quantitative estimate of drug-likeness (QED) is 0.695. The number of nitrogen functional groups attached to an aromatic ring is 1. The minimum absolute atomic E-state index is 0.00988. The Morgan fingerprint density at radius 1 is 1.00 bits per heavy atom. The van der Waals surface area contributed by atoms with Crippen LogP contribution < -0.4 is 5.73 Å². The molecule has 0 aliphatic rings. The Balaban J connectivity index is 2.36. The third-order valence-electron chi connectivity index (χ3n) is 2.63. The lowest BCUT2D eigenvalue weighted by molar-refractivity contribution is 0.587. The summed E-state index contributed by atoms with van der Waals surface area (Å²) in [4.78, 5) is -0.0595. The van der Waals surface area contributed by atoms with E-state index in [2.05, 4.69) is 0 Å². The molecule has 2 aromatic rings. The normalized spacial score (nSPS) is 11.5. The van der Waals surface area contributed by atoms with Gasteiger partial charge in [0, 0.05) is 5.56 Å². The molecule has 0 heterocycles. The molecule has 2 N–H and O–H groups in total. The van der Waals surface area contributed by atoms with Crippen LogP contribution in [0.3, 0.4) is 0 Å². The van der Waals surface area contributed by atoms with E-state index in [0.717, 1.165) is 24.3 Å². The van der Waals surface area contributed by atoms with Gasteiger partial charge < -0.3 is 5.73 Å². The van der Waals surface area contributed by atoms with Crippen molar-refractivity contribution >= 4 is 15.5 Å². The lowest BCUT2D eigenvalue weighted by atomic mass is 10.2. The van der Waals surface area contributed by atoms with Gasteiger partial charge in [-0.1, -0.05) is 12.1 Å². The highest BCUT2D eigenvalue weighted by Gasteiger charge is 2.18. The lowest BCUT2D eigenvalue weighted by Gasteiger charge is -2.07. The van der Waals surface area contributed by atoms with Crippen molar-refractivity contribution in [3.8, 4) is 0 Å². The fourth-order valence-corrected chi connectivity index (χ4v) is 2.99. The first-order valence-electron chi connectivity index (χ1n) is 5.41. The summed E-state index contributed by atoms with van der Waals surface area (Å²) in [5, 5.41) is 0. The molecule has 3 nitrogen and oxygen atoms in total. The fourth-order valence-electron chi connectivity index (χ4n) is 1.64. The van der Waals surface area contributed by atoms with Crippen molar-refractivity contribution < 1.29 is 17.2 Å². The molecule has 0 saturated heterocycles. The number of sulfone groups is 1. The van der Waals surface area contributed by atoms with E-state index >= 15 is 0 Å². The fraction of sp³-hybridized carbons (Fsp3) is 0.0769. The molecule has 0 amide bonds. The van der Waals surface area contributed by atoms with E-state index in [0.29, 0.717) is 0 Å². The highest BCUT2D eigenvalue weighted by atomic mass is 32.2. The molecular weight excluding hydrogens is 272 g/mol. The predicted octanol–water partition coefficient (Wildman–Crippen LogP) is 2.52. The molecule has 2 rings (SSSR count). The summed E-state index contributed by atoms with van der Waals surface area (Å²) < 4.78 is 50.5. The summed E-state index contributed by atoms with van der Waals surface area (Å²) in [7, 11) is -3.73. The van der Waals surface area contributed by atoms with E-state index in [1.807, 2.05) is 0 Å². The van der Waals surface area contributed by atoms with Gasteiger partial charge in [-0.25, -0.2) is 17.2 Å². The van der Waals surface area contributed by atoms with Crippen LogP contribution in [0.15, 0.2) is 47.4 Å². The summed E-state index contributed by atoms with van der Waals surface area (Å²) in [5.41, 5.74) is 5.26. The van der Waals surface area contributed by atoms with Crippen LogP contribution in [-0.4, -0.2) is 8.42 Å². The molecule has 0 aliphatic carbocycles. The van der Waals surface area contributed by atoms with Gasteiger partial charge in [0.2, 0.25) is 0 Å². The van der Waals surface area contributed by atoms with E-state index < -0.39 is 27.2 Å². The molecule has 0 aliphatic heterocycles.